The van der Waals surface area contributed by atoms with E-state index in [4.69, 9.17) is 21.8 Å². The summed E-state index contributed by atoms with van der Waals surface area (Å²) in [5.41, 5.74) is 3.21. The van der Waals surface area contributed by atoms with Crippen LogP contribution >= 0.6 is 11.6 Å². The molecule has 6 nitrogen and oxygen atoms in total. The monoisotopic (exact) mass is 453 g/mol. The summed E-state index contributed by atoms with van der Waals surface area (Å²) in [5.74, 6) is 0.562. The Labute approximate surface area is 192 Å². The maximum Gasteiger partial charge on any atom is 0.253 e. The van der Waals surface area contributed by atoms with Gasteiger partial charge in [0.2, 0.25) is 0 Å². The van der Waals surface area contributed by atoms with Crippen LogP contribution < -0.4 is 0 Å². The molecule has 2 heterocycles. The second-order valence-corrected chi connectivity index (χ2v) is 8.95. The predicted octanol–water partition coefficient (Wildman–Crippen LogP) is 4.51. The summed E-state index contributed by atoms with van der Waals surface area (Å²) < 4.78 is 1.97. The van der Waals surface area contributed by atoms with Gasteiger partial charge in [-0.25, -0.2) is 0 Å². The summed E-state index contributed by atoms with van der Waals surface area (Å²) >= 11 is 5.92. The first-order chi connectivity index (χ1) is 15.5. The van der Waals surface area contributed by atoms with Crippen LogP contribution in [0.15, 0.2) is 42.6 Å². The largest absolute Gasteiger partial charge is 0.396 e. The topological polar surface area (TPSA) is 75.4 Å². The summed E-state index contributed by atoms with van der Waals surface area (Å²) in [6, 6.07) is 10.8. The van der Waals surface area contributed by atoms with E-state index in [1.54, 1.807) is 24.3 Å². The van der Waals surface area contributed by atoms with Crippen molar-refractivity contribution in [3.8, 4) is 0 Å². The number of benzene rings is 2. The van der Waals surface area contributed by atoms with E-state index in [1.807, 2.05) is 34.8 Å². The molecule has 1 N–H and O–H groups in total. The first-order valence-corrected chi connectivity index (χ1v) is 11.5. The Morgan fingerprint density at radius 3 is 2.53 bits per heavy atom. The van der Waals surface area contributed by atoms with Crippen molar-refractivity contribution in [2.75, 3.05) is 19.7 Å². The number of amides is 1. The third-order valence-corrected chi connectivity index (χ3v) is 6.56. The number of hydrogen-bond donors (Lipinski definition) is 1. The van der Waals surface area contributed by atoms with Gasteiger partial charge >= 0.3 is 0 Å². The van der Waals surface area contributed by atoms with Crippen molar-refractivity contribution in [3.05, 3.63) is 64.3 Å². The number of Topliss-reactive ketones (excluding diaryl/α,β-unsaturated/α-hetero) is 1. The van der Waals surface area contributed by atoms with Crippen molar-refractivity contribution in [1.29, 1.82) is 0 Å². The number of carbonyl (C=O) groups is 2. The van der Waals surface area contributed by atoms with E-state index in [9.17, 15) is 9.59 Å². The number of aromatic nitrogens is 2. The van der Waals surface area contributed by atoms with Gasteiger partial charge in [-0.05, 0) is 74.1 Å². The van der Waals surface area contributed by atoms with Crippen LogP contribution in [-0.4, -0.2) is 51.2 Å². The summed E-state index contributed by atoms with van der Waals surface area (Å²) in [7, 11) is 0. The van der Waals surface area contributed by atoms with Gasteiger partial charge < -0.3 is 10.0 Å². The summed E-state index contributed by atoms with van der Waals surface area (Å²) in [5, 5.41) is 15.3. The van der Waals surface area contributed by atoms with Gasteiger partial charge in [-0.1, -0.05) is 11.6 Å². The Balaban J connectivity index is 1.39. The van der Waals surface area contributed by atoms with Crippen LogP contribution in [0.4, 0.5) is 0 Å². The SMILES string of the molecule is Cc1c(C(=O)CCCO)ccc2nn(CC3CCN(C(=O)c4ccc(Cl)cc4)CC3)cc12. The molecule has 1 amide bonds. The van der Waals surface area contributed by atoms with Crippen LogP contribution in [0.1, 0.15) is 52.0 Å². The molecule has 2 aromatic carbocycles. The van der Waals surface area contributed by atoms with Crippen molar-refractivity contribution >= 4 is 34.2 Å². The first kappa shape index (κ1) is 22.5. The highest BCUT2D eigenvalue weighted by molar-refractivity contribution is 6.30. The first-order valence-electron chi connectivity index (χ1n) is 11.1. The zero-order chi connectivity index (χ0) is 22.7. The lowest BCUT2D eigenvalue weighted by atomic mass is 9.96. The number of halogens is 1. The van der Waals surface area contributed by atoms with Gasteiger partial charge in [0.25, 0.3) is 5.91 Å². The minimum Gasteiger partial charge on any atom is -0.396 e. The number of nitrogens with zero attached hydrogens (tertiary/aromatic N) is 3. The van der Waals surface area contributed by atoms with Crippen molar-refractivity contribution in [1.82, 2.24) is 14.7 Å². The lowest BCUT2D eigenvalue weighted by molar-refractivity contribution is 0.0681. The van der Waals surface area contributed by atoms with E-state index in [0.29, 0.717) is 34.9 Å². The van der Waals surface area contributed by atoms with E-state index in [1.165, 1.54) is 0 Å². The maximum absolute atomic E-state index is 12.7. The van der Waals surface area contributed by atoms with Gasteiger partial charge in [-0.2, -0.15) is 5.10 Å². The Morgan fingerprint density at radius 2 is 1.84 bits per heavy atom. The fraction of sp³-hybridized carbons (Fsp3) is 0.400. The van der Waals surface area contributed by atoms with Gasteiger partial charge in [0, 0.05) is 60.4 Å². The molecule has 3 aromatic rings. The van der Waals surface area contributed by atoms with Crippen molar-refractivity contribution in [3.63, 3.8) is 0 Å². The number of fused-ring (bicyclic) bond motifs is 1. The zero-order valence-electron chi connectivity index (χ0n) is 18.3. The van der Waals surface area contributed by atoms with Crippen LogP contribution in [0.5, 0.6) is 0 Å². The number of aryl methyl sites for hydroxylation is 1. The standard InChI is InChI=1S/C25H28ClN3O3/c1-17-21(24(31)3-2-14-30)8-9-23-22(17)16-29(27-23)15-18-10-12-28(13-11-18)25(32)19-4-6-20(26)7-5-19/h4-9,16,18,30H,2-3,10-15H2,1H3. The highest BCUT2D eigenvalue weighted by Gasteiger charge is 2.24. The van der Waals surface area contributed by atoms with Crippen molar-refractivity contribution in [2.45, 2.75) is 39.2 Å². The van der Waals surface area contributed by atoms with Crippen LogP contribution in [0.25, 0.3) is 10.9 Å². The summed E-state index contributed by atoms with van der Waals surface area (Å²) in [6.45, 7) is 4.24. The number of ketones is 1. The molecule has 32 heavy (non-hydrogen) atoms. The molecule has 1 saturated heterocycles. The third kappa shape index (κ3) is 4.87. The Kier molecular flexibility index (Phi) is 6.92. The molecule has 1 aromatic heterocycles. The normalized spacial score (nSPS) is 14.8. The molecule has 1 aliphatic heterocycles. The summed E-state index contributed by atoms with van der Waals surface area (Å²) in [4.78, 5) is 27.0. The number of carbonyl (C=O) groups excluding carboxylic acids is 2. The van der Waals surface area contributed by atoms with Gasteiger partial charge in [0.15, 0.2) is 5.78 Å². The highest BCUT2D eigenvalue weighted by Crippen LogP contribution is 2.25. The van der Waals surface area contributed by atoms with E-state index in [2.05, 4.69) is 0 Å². The molecule has 4 rings (SSSR count). The van der Waals surface area contributed by atoms with Gasteiger partial charge in [-0.3, -0.25) is 14.3 Å². The average molecular weight is 454 g/mol. The fourth-order valence-corrected chi connectivity index (χ4v) is 4.53. The van der Waals surface area contributed by atoms with Crippen LogP contribution in [0.3, 0.4) is 0 Å². The molecule has 0 bridgehead atoms. The van der Waals surface area contributed by atoms with Gasteiger partial charge in [0.05, 0.1) is 5.52 Å². The quantitative estimate of drug-likeness (QED) is 0.534. The smallest absolute Gasteiger partial charge is 0.253 e. The molecule has 0 spiro atoms. The molecule has 0 radical (unpaired) electrons. The molecular weight excluding hydrogens is 426 g/mol. The number of aliphatic hydroxyl groups excluding tert-OH is 1. The lowest BCUT2D eigenvalue weighted by Crippen LogP contribution is -2.39. The minimum absolute atomic E-state index is 0.0229. The van der Waals surface area contributed by atoms with Gasteiger partial charge in [0.1, 0.15) is 0 Å². The zero-order valence-corrected chi connectivity index (χ0v) is 19.0. The molecule has 7 heteroatoms. The average Bonchev–Trinajstić information content (AvgIpc) is 3.22. The van der Waals surface area contributed by atoms with E-state index >= 15 is 0 Å². The molecule has 168 valence electrons. The van der Waals surface area contributed by atoms with Crippen LogP contribution in [0, 0.1) is 12.8 Å². The lowest BCUT2D eigenvalue weighted by Gasteiger charge is -2.32. The highest BCUT2D eigenvalue weighted by atomic mass is 35.5. The molecular formula is C25H28ClN3O3. The molecule has 0 unspecified atom stereocenters. The number of piperidine rings is 1. The molecule has 0 aliphatic carbocycles. The second-order valence-electron chi connectivity index (χ2n) is 8.51. The van der Waals surface area contributed by atoms with Gasteiger partial charge in [-0.15, -0.1) is 0 Å². The Morgan fingerprint density at radius 1 is 1.12 bits per heavy atom. The Bertz CT molecular complexity index is 1120. The minimum atomic E-state index is 0.0229. The number of hydrogen-bond acceptors (Lipinski definition) is 4. The molecule has 0 saturated carbocycles. The second kappa shape index (κ2) is 9.84. The van der Waals surface area contributed by atoms with Crippen molar-refractivity contribution < 1.29 is 14.7 Å². The van der Waals surface area contributed by atoms with E-state index in [-0.39, 0.29) is 18.3 Å². The summed E-state index contributed by atoms with van der Waals surface area (Å²) in [6.07, 6.45) is 4.72. The molecule has 0 atom stereocenters. The molecule has 1 fully saturated rings. The predicted molar refractivity (Wildman–Crippen MR) is 125 cm³/mol. The number of aliphatic hydroxyl groups is 1. The number of likely N-dealkylation sites (tertiary alicyclic amines) is 1. The third-order valence-electron chi connectivity index (χ3n) is 6.31. The van der Waals surface area contributed by atoms with Crippen LogP contribution in [-0.2, 0) is 6.54 Å². The van der Waals surface area contributed by atoms with E-state index in [0.717, 1.165) is 48.9 Å². The van der Waals surface area contributed by atoms with E-state index < -0.39 is 0 Å². The fourth-order valence-electron chi connectivity index (χ4n) is 4.41. The number of rotatable bonds is 7. The van der Waals surface area contributed by atoms with Crippen LogP contribution in [0.2, 0.25) is 5.02 Å². The molecule has 1 aliphatic rings. The maximum atomic E-state index is 12.7. The van der Waals surface area contributed by atoms with Crippen molar-refractivity contribution in [2.24, 2.45) is 5.92 Å². The Hall–Kier alpha value is -2.70.